The number of anilines is 1. The third kappa shape index (κ3) is 3.57. The lowest BCUT2D eigenvalue weighted by Gasteiger charge is -2.05. The predicted octanol–water partition coefficient (Wildman–Crippen LogP) is 4.63. The topological polar surface area (TPSA) is 77.0 Å². The highest BCUT2D eigenvalue weighted by atomic mass is 32.1. The zero-order valence-corrected chi connectivity index (χ0v) is 16.5. The molecule has 2 aromatic heterocycles. The monoisotopic (exact) mass is 390 g/mol. The summed E-state index contributed by atoms with van der Waals surface area (Å²) in [5, 5.41) is 5.31. The summed E-state index contributed by atoms with van der Waals surface area (Å²) in [6.07, 6.45) is 0. The maximum Gasteiger partial charge on any atom is 0.257 e. The van der Waals surface area contributed by atoms with Crippen molar-refractivity contribution in [2.75, 3.05) is 12.4 Å². The lowest BCUT2D eigenvalue weighted by atomic mass is 10.1. The van der Waals surface area contributed by atoms with Crippen molar-refractivity contribution in [2.24, 2.45) is 0 Å². The molecule has 1 amide bonds. The van der Waals surface area contributed by atoms with Crippen LogP contribution in [-0.2, 0) is 0 Å². The van der Waals surface area contributed by atoms with E-state index in [1.165, 1.54) is 11.3 Å². The second-order valence-corrected chi connectivity index (χ2v) is 7.18. The van der Waals surface area contributed by atoms with Crippen molar-refractivity contribution in [3.05, 3.63) is 64.8 Å². The molecule has 0 aliphatic heterocycles. The molecule has 0 unspecified atom stereocenters. The van der Waals surface area contributed by atoms with E-state index in [9.17, 15) is 4.79 Å². The largest absolute Gasteiger partial charge is 0.497 e. The van der Waals surface area contributed by atoms with Gasteiger partial charge in [-0.05, 0) is 56.3 Å². The number of carbonyl (C=O) groups excluding carboxylic acids is 1. The number of thiazole rings is 1. The van der Waals surface area contributed by atoms with Gasteiger partial charge in [0.05, 0.1) is 35.2 Å². The average molecular weight is 390 g/mol. The number of rotatable bonds is 4. The van der Waals surface area contributed by atoms with Gasteiger partial charge in [-0.15, -0.1) is 11.3 Å². The normalized spacial score (nSPS) is 10.8. The van der Waals surface area contributed by atoms with Crippen LogP contribution in [0.2, 0.25) is 0 Å². The van der Waals surface area contributed by atoms with Gasteiger partial charge in [0.15, 0.2) is 5.13 Å². The van der Waals surface area contributed by atoms with Crippen molar-refractivity contribution in [1.82, 2.24) is 15.0 Å². The molecule has 2 aromatic carbocycles. The molecule has 0 saturated carbocycles. The molecule has 0 aliphatic rings. The molecule has 6 nitrogen and oxygen atoms in total. The maximum absolute atomic E-state index is 12.6. The van der Waals surface area contributed by atoms with Gasteiger partial charge in [0, 0.05) is 16.5 Å². The number of nitrogens with one attached hydrogen (secondary N) is 1. The first-order valence-electron chi connectivity index (χ1n) is 8.70. The Labute approximate surface area is 166 Å². The van der Waals surface area contributed by atoms with Gasteiger partial charge >= 0.3 is 0 Å². The molecule has 4 rings (SSSR count). The summed E-state index contributed by atoms with van der Waals surface area (Å²) < 4.78 is 5.17. The number of benzene rings is 2. The molecule has 4 aromatic rings. The number of hydrogen-bond acceptors (Lipinski definition) is 6. The lowest BCUT2D eigenvalue weighted by molar-refractivity contribution is 0.102. The van der Waals surface area contributed by atoms with Gasteiger partial charge in [-0.2, -0.15) is 0 Å². The van der Waals surface area contributed by atoms with Crippen molar-refractivity contribution in [1.29, 1.82) is 0 Å². The molecular formula is C21H18N4O2S. The Bertz CT molecular complexity index is 1170. The Balaban J connectivity index is 1.54. The summed E-state index contributed by atoms with van der Waals surface area (Å²) in [6.45, 7) is 3.83. The number of hydrogen-bond donors (Lipinski definition) is 1. The molecule has 0 spiro atoms. The summed E-state index contributed by atoms with van der Waals surface area (Å²) in [4.78, 5) is 26.1. The van der Waals surface area contributed by atoms with Crippen LogP contribution >= 0.6 is 11.3 Å². The highest BCUT2D eigenvalue weighted by Crippen LogP contribution is 2.27. The number of ether oxygens (including phenoxy) is 1. The number of methoxy groups -OCH3 is 1. The van der Waals surface area contributed by atoms with Gasteiger partial charge in [-0.25, -0.2) is 15.0 Å². The fourth-order valence-electron chi connectivity index (χ4n) is 2.77. The number of carbonyl (C=O) groups is 1. The van der Waals surface area contributed by atoms with Gasteiger partial charge in [0.1, 0.15) is 5.75 Å². The van der Waals surface area contributed by atoms with Crippen LogP contribution in [0.1, 0.15) is 21.7 Å². The van der Waals surface area contributed by atoms with E-state index in [0.717, 1.165) is 33.9 Å². The van der Waals surface area contributed by atoms with Gasteiger partial charge in [-0.3, -0.25) is 10.1 Å². The average Bonchev–Trinajstić information content (AvgIpc) is 3.17. The van der Waals surface area contributed by atoms with E-state index in [1.807, 2.05) is 49.6 Å². The third-order valence-electron chi connectivity index (χ3n) is 4.45. The maximum atomic E-state index is 12.6. The zero-order valence-electron chi connectivity index (χ0n) is 15.7. The van der Waals surface area contributed by atoms with Crippen molar-refractivity contribution in [3.8, 4) is 17.0 Å². The van der Waals surface area contributed by atoms with Crippen LogP contribution in [0.4, 0.5) is 5.13 Å². The summed E-state index contributed by atoms with van der Waals surface area (Å²) in [6, 6.07) is 13.0. The molecular weight excluding hydrogens is 372 g/mol. The minimum atomic E-state index is -0.224. The highest BCUT2D eigenvalue weighted by Gasteiger charge is 2.12. The molecule has 0 aliphatic carbocycles. The summed E-state index contributed by atoms with van der Waals surface area (Å²) in [5.41, 5.74) is 5.51. The number of nitrogens with zero attached hydrogens (tertiary/aromatic N) is 3. The van der Waals surface area contributed by atoms with Crippen molar-refractivity contribution in [2.45, 2.75) is 13.8 Å². The van der Waals surface area contributed by atoms with Crippen LogP contribution in [0.15, 0.2) is 47.8 Å². The van der Waals surface area contributed by atoms with E-state index in [0.29, 0.717) is 16.2 Å². The van der Waals surface area contributed by atoms with E-state index >= 15 is 0 Å². The first-order chi connectivity index (χ1) is 13.5. The first-order valence-corrected chi connectivity index (χ1v) is 9.58. The Kier molecular flexibility index (Phi) is 4.75. The van der Waals surface area contributed by atoms with Crippen LogP contribution in [0.5, 0.6) is 5.75 Å². The number of aromatic nitrogens is 3. The van der Waals surface area contributed by atoms with Crippen LogP contribution in [0.3, 0.4) is 0 Å². The van der Waals surface area contributed by atoms with E-state index in [1.54, 1.807) is 19.2 Å². The predicted molar refractivity (Wildman–Crippen MR) is 111 cm³/mol. The molecule has 140 valence electrons. The number of amides is 1. The molecule has 0 fully saturated rings. The lowest BCUT2D eigenvalue weighted by Crippen LogP contribution is -2.11. The quantitative estimate of drug-likeness (QED) is 0.550. The zero-order chi connectivity index (χ0) is 19.7. The van der Waals surface area contributed by atoms with Crippen molar-refractivity contribution < 1.29 is 9.53 Å². The summed E-state index contributed by atoms with van der Waals surface area (Å²) >= 11 is 1.38. The highest BCUT2D eigenvalue weighted by molar-refractivity contribution is 7.14. The van der Waals surface area contributed by atoms with Crippen LogP contribution in [-0.4, -0.2) is 28.0 Å². The van der Waals surface area contributed by atoms with Crippen LogP contribution < -0.4 is 10.1 Å². The smallest absolute Gasteiger partial charge is 0.257 e. The Morgan fingerprint density at radius 3 is 2.39 bits per heavy atom. The Morgan fingerprint density at radius 2 is 1.68 bits per heavy atom. The standard InChI is InChI=1S/C21H18N4O2S/c1-12-13(2)23-18-10-15(6-9-17(18)22-12)20(26)25-21-24-19(11-28-21)14-4-7-16(27-3)8-5-14/h4-11H,1-3H3,(H,24,25,26). The minimum absolute atomic E-state index is 0.224. The summed E-state index contributed by atoms with van der Waals surface area (Å²) in [5.74, 6) is 0.565. The summed E-state index contributed by atoms with van der Waals surface area (Å²) in [7, 11) is 1.63. The molecule has 1 N–H and O–H groups in total. The molecule has 0 radical (unpaired) electrons. The van der Waals surface area contributed by atoms with Gasteiger partial charge in [0.2, 0.25) is 0 Å². The fraction of sp³-hybridized carbons (Fsp3) is 0.143. The fourth-order valence-corrected chi connectivity index (χ4v) is 3.48. The number of fused-ring (bicyclic) bond motifs is 1. The molecule has 28 heavy (non-hydrogen) atoms. The van der Waals surface area contributed by atoms with Crippen molar-refractivity contribution in [3.63, 3.8) is 0 Å². The molecule has 0 saturated heterocycles. The van der Waals surface area contributed by atoms with Crippen LogP contribution in [0.25, 0.3) is 22.3 Å². The molecule has 2 heterocycles. The van der Waals surface area contributed by atoms with Crippen LogP contribution in [0, 0.1) is 13.8 Å². The second-order valence-electron chi connectivity index (χ2n) is 6.32. The number of aryl methyl sites for hydroxylation is 2. The van der Waals surface area contributed by atoms with E-state index < -0.39 is 0 Å². The Hall–Kier alpha value is -3.32. The van der Waals surface area contributed by atoms with Crippen molar-refractivity contribution >= 4 is 33.4 Å². The SMILES string of the molecule is COc1ccc(-c2csc(NC(=O)c3ccc4nc(C)c(C)nc4c3)n2)cc1. The molecule has 7 heteroatoms. The third-order valence-corrected chi connectivity index (χ3v) is 5.21. The van der Waals surface area contributed by atoms with E-state index in [2.05, 4.69) is 20.3 Å². The van der Waals surface area contributed by atoms with E-state index in [-0.39, 0.29) is 5.91 Å². The van der Waals surface area contributed by atoms with Gasteiger partial charge in [-0.1, -0.05) is 0 Å². The Morgan fingerprint density at radius 1 is 0.964 bits per heavy atom. The first kappa shape index (κ1) is 18.1. The minimum Gasteiger partial charge on any atom is -0.497 e. The molecule has 0 atom stereocenters. The van der Waals surface area contributed by atoms with Gasteiger partial charge < -0.3 is 4.74 Å². The van der Waals surface area contributed by atoms with Gasteiger partial charge in [0.25, 0.3) is 5.91 Å². The van der Waals surface area contributed by atoms with E-state index in [4.69, 9.17) is 4.74 Å². The molecule has 0 bridgehead atoms. The second kappa shape index (κ2) is 7.36.